The lowest BCUT2D eigenvalue weighted by Gasteiger charge is -2.34. The molecular weight excluding hydrogens is 278 g/mol. The first-order chi connectivity index (χ1) is 8.13. The van der Waals surface area contributed by atoms with Gasteiger partial charge in [0.15, 0.2) is 0 Å². The van der Waals surface area contributed by atoms with Crippen LogP contribution < -0.4 is 5.32 Å². The van der Waals surface area contributed by atoms with Crippen molar-refractivity contribution in [1.29, 1.82) is 0 Å². The number of nitrogens with one attached hydrogen (secondary N) is 1. The van der Waals surface area contributed by atoms with Crippen LogP contribution in [0, 0.1) is 0 Å². The Balaban J connectivity index is 2.04. The van der Waals surface area contributed by atoms with Crippen LogP contribution in [0.2, 0.25) is 0 Å². The van der Waals surface area contributed by atoms with Gasteiger partial charge in [-0.1, -0.05) is 28.9 Å². The van der Waals surface area contributed by atoms with Crippen LogP contribution in [0.15, 0.2) is 22.7 Å². The fraction of sp³-hybridized carbons (Fsp3) is 0.571. The van der Waals surface area contributed by atoms with Gasteiger partial charge in [-0.05, 0) is 49.1 Å². The molecule has 0 spiro atoms. The highest BCUT2D eigenvalue weighted by molar-refractivity contribution is 9.10. The van der Waals surface area contributed by atoms with E-state index < -0.39 is 5.60 Å². The van der Waals surface area contributed by atoms with Crippen LogP contribution in [0.1, 0.15) is 30.9 Å². The van der Waals surface area contributed by atoms with Crippen LogP contribution in [0.25, 0.3) is 0 Å². The second-order valence-electron chi connectivity index (χ2n) is 4.99. The van der Waals surface area contributed by atoms with Crippen molar-refractivity contribution >= 4 is 15.9 Å². The van der Waals surface area contributed by atoms with E-state index in [1.165, 1.54) is 11.1 Å². The summed E-state index contributed by atoms with van der Waals surface area (Å²) in [6.45, 7) is 3.83. The normalized spacial score (nSPS) is 23.5. The summed E-state index contributed by atoms with van der Waals surface area (Å²) < 4.78 is 1.13. The van der Waals surface area contributed by atoms with Crippen molar-refractivity contribution < 1.29 is 5.11 Å². The van der Waals surface area contributed by atoms with E-state index in [4.69, 9.17) is 0 Å². The molecule has 0 aromatic heterocycles. The van der Waals surface area contributed by atoms with Crippen LogP contribution >= 0.6 is 15.9 Å². The minimum atomic E-state index is -0.560. The van der Waals surface area contributed by atoms with Crippen LogP contribution in [-0.2, 0) is 12.8 Å². The number of rotatable bonds is 4. The number of halogens is 1. The van der Waals surface area contributed by atoms with Gasteiger partial charge in [-0.25, -0.2) is 0 Å². The first-order valence-electron chi connectivity index (χ1n) is 6.33. The van der Waals surface area contributed by atoms with Gasteiger partial charge in [0, 0.05) is 17.4 Å². The fourth-order valence-corrected chi connectivity index (χ4v) is 2.87. The second-order valence-corrected chi connectivity index (χ2v) is 5.91. The second kappa shape index (κ2) is 5.51. The molecule has 94 valence electrons. The molecule has 1 aromatic carbocycles. The first-order valence-corrected chi connectivity index (χ1v) is 7.13. The average Bonchev–Trinajstić information content (AvgIpc) is 2.30. The Kier molecular flexibility index (Phi) is 4.23. The number of aliphatic hydroxyl groups is 1. The van der Waals surface area contributed by atoms with Gasteiger partial charge in [0.2, 0.25) is 0 Å². The molecule has 1 aliphatic rings. The zero-order valence-corrected chi connectivity index (χ0v) is 11.9. The van der Waals surface area contributed by atoms with Crippen LogP contribution in [0.4, 0.5) is 0 Å². The summed E-state index contributed by atoms with van der Waals surface area (Å²) >= 11 is 3.50. The number of aryl methyl sites for hydroxylation is 1. The molecule has 0 bridgehead atoms. The van der Waals surface area contributed by atoms with E-state index in [2.05, 4.69) is 46.4 Å². The van der Waals surface area contributed by atoms with E-state index in [9.17, 15) is 5.11 Å². The highest BCUT2D eigenvalue weighted by Gasteiger charge is 2.31. The molecule has 1 unspecified atom stereocenters. The maximum atomic E-state index is 10.5. The van der Waals surface area contributed by atoms with Crippen molar-refractivity contribution in [1.82, 2.24) is 5.32 Å². The van der Waals surface area contributed by atoms with Crippen molar-refractivity contribution in [2.75, 3.05) is 13.1 Å². The third-order valence-electron chi connectivity index (χ3n) is 3.43. The first kappa shape index (κ1) is 13.1. The van der Waals surface area contributed by atoms with Gasteiger partial charge < -0.3 is 10.4 Å². The molecule has 0 saturated heterocycles. The fourth-order valence-electron chi connectivity index (χ4n) is 2.46. The third-order valence-corrected chi connectivity index (χ3v) is 3.92. The Labute approximate surface area is 112 Å². The molecule has 1 atom stereocenters. The van der Waals surface area contributed by atoms with Gasteiger partial charge in [-0.2, -0.15) is 0 Å². The van der Waals surface area contributed by atoms with Crippen molar-refractivity contribution in [3.63, 3.8) is 0 Å². The minimum Gasteiger partial charge on any atom is -0.388 e. The largest absolute Gasteiger partial charge is 0.388 e. The molecule has 0 fully saturated rings. The number of benzene rings is 1. The molecule has 2 rings (SSSR count). The zero-order valence-electron chi connectivity index (χ0n) is 10.3. The summed E-state index contributed by atoms with van der Waals surface area (Å²) in [5.74, 6) is 0. The van der Waals surface area contributed by atoms with Crippen molar-refractivity contribution in [2.45, 2.75) is 38.2 Å². The molecule has 2 N–H and O–H groups in total. The lowest BCUT2D eigenvalue weighted by molar-refractivity contribution is 0.0270. The standard InChI is InChI=1S/C14H20BrNO/c1-2-7-16-10-14(17)6-5-11-8-13(15)4-3-12(11)9-14/h3-4,8,16-17H,2,5-7,9-10H2,1H3. The van der Waals surface area contributed by atoms with E-state index >= 15 is 0 Å². The number of hydrogen-bond acceptors (Lipinski definition) is 2. The van der Waals surface area contributed by atoms with Crippen molar-refractivity contribution in [2.24, 2.45) is 0 Å². The molecule has 3 heteroatoms. The van der Waals surface area contributed by atoms with Crippen molar-refractivity contribution in [3.05, 3.63) is 33.8 Å². The highest BCUT2D eigenvalue weighted by atomic mass is 79.9. The Bertz CT molecular complexity index is 394. The Morgan fingerprint density at radius 3 is 3.00 bits per heavy atom. The van der Waals surface area contributed by atoms with Crippen LogP contribution in [0.5, 0.6) is 0 Å². The topological polar surface area (TPSA) is 32.3 Å². The minimum absolute atomic E-state index is 0.560. The van der Waals surface area contributed by atoms with Gasteiger partial charge in [0.1, 0.15) is 0 Å². The lowest BCUT2D eigenvalue weighted by atomic mass is 9.80. The predicted molar refractivity (Wildman–Crippen MR) is 74.3 cm³/mol. The average molecular weight is 298 g/mol. The summed E-state index contributed by atoms with van der Waals surface area (Å²) in [6, 6.07) is 6.36. The van der Waals surface area contributed by atoms with E-state index in [-0.39, 0.29) is 0 Å². The van der Waals surface area contributed by atoms with Gasteiger partial charge in [0.05, 0.1) is 5.60 Å². The summed E-state index contributed by atoms with van der Waals surface area (Å²) in [5.41, 5.74) is 2.11. The van der Waals surface area contributed by atoms with E-state index in [0.717, 1.165) is 36.7 Å². The molecule has 0 amide bonds. The maximum absolute atomic E-state index is 10.5. The Hall–Kier alpha value is -0.380. The number of fused-ring (bicyclic) bond motifs is 1. The lowest BCUT2D eigenvalue weighted by Crippen LogP contribution is -2.45. The van der Waals surface area contributed by atoms with E-state index in [0.29, 0.717) is 6.54 Å². The molecule has 2 nitrogen and oxygen atoms in total. The summed E-state index contributed by atoms with van der Waals surface area (Å²) in [7, 11) is 0. The molecule has 17 heavy (non-hydrogen) atoms. The Morgan fingerprint density at radius 1 is 1.41 bits per heavy atom. The van der Waals surface area contributed by atoms with Gasteiger partial charge in [-0.15, -0.1) is 0 Å². The molecule has 0 saturated carbocycles. The van der Waals surface area contributed by atoms with Gasteiger partial charge in [-0.3, -0.25) is 0 Å². The van der Waals surface area contributed by atoms with E-state index in [1.807, 2.05) is 0 Å². The zero-order chi connectivity index (χ0) is 12.3. The summed E-state index contributed by atoms with van der Waals surface area (Å²) in [6.07, 6.45) is 3.71. The van der Waals surface area contributed by atoms with Crippen LogP contribution in [0.3, 0.4) is 0 Å². The number of hydrogen-bond donors (Lipinski definition) is 2. The highest BCUT2D eigenvalue weighted by Crippen LogP contribution is 2.30. The maximum Gasteiger partial charge on any atom is 0.0814 e. The van der Waals surface area contributed by atoms with Gasteiger partial charge in [0.25, 0.3) is 0 Å². The Morgan fingerprint density at radius 2 is 2.24 bits per heavy atom. The smallest absolute Gasteiger partial charge is 0.0814 e. The molecule has 1 aromatic rings. The molecule has 0 aliphatic heterocycles. The third kappa shape index (κ3) is 3.30. The monoisotopic (exact) mass is 297 g/mol. The van der Waals surface area contributed by atoms with E-state index in [1.54, 1.807) is 0 Å². The summed E-state index contributed by atoms with van der Waals surface area (Å²) in [5, 5.41) is 13.9. The molecule has 0 radical (unpaired) electrons. The molecule has 0 heterocycles. The molecule has 1 aliphatic carbocycles. The van der Waals surface area contributed by atoms with Crippen LogP contribution in [-0.4, -0.2) is 23.8 Å². The summed E-state index contributed by atoms with van der Waals surface area (Å²) in [4.78, 5) is 0. The SMILES string of the molecule is CCCNCC1(O)CCc2cc(Br)ccc2C1. The van der Waals surface area contributed by atoms with Crippen molar-refractivity contribution in [3.8, 4) is 0 Å². The quantitative estimate of drug-likeness (QED) is 0.838. The molecular formula is C14H20BrNO. The van der Waals surface area contributed by atoms with Gasteiger partial charge >= 0.3 is 0 Å². The predicted octanol–water partition coefficient (Wildman–Crippen LogP) is 2.67.